The number of nitrogens with one attached hydrogen (secondary N) is 1. The Hall–Kier alpha value is -0.570. The van der Waals surface area contributed by atoms with Gasteiger partial charge in [0.2, 0.25) is 5.91 Å². The van der Waals surface area contributed by atoms with E-state index < -0.39 is 0 Å². The molecule has 0 aromatic carbocycles. The molecule has 0 aromatic rings. The normalized spacial score (nSPS) is 18.1. The topological polar surface area (TPSA) is 38.3 Å². The minimum Gasteiger partial charge on any atom is -0.381 e. The van der Waals surface area contributed by atoms with Crippen molar-refractivity contribution in [2.75, 3.05) is 19.8 Å². The summed E-state index contributed by atoms with van der Waals surface area (Å²) in [5.41, 5.74) is -0.232. The third-order valence-corrected chi connectivity index (χ3v) is 2.76. The fourth-order valence-corrected chi connectivity index (χ4v) is 1.04. The Kier molecular flexibility index (Phi) is 3.31. The van der Waals surface area contributed by atoms with Crippen molar-refractivity contribution in [1.29, 1.82) is 0 Å². The van der Waals surface area contributed by atoms with Crippen LogP contribution < -0.4 is 5.32 Å². The molecule has 1 N–H and O–H groups in total. The Bertz CT molecular complexity index is 185. The molecule has 0 aliphatic carbocycles. The SMILES string of the molecule is CCC(C)(C)C(=O)NCC1COC1. The van der Waals surface area contributed by atoms with Crippen LogP contribution in [0.3, 0.4) is 0 Å². The maximum absolute atomic E-state index is 11.6. The lowest BCUT2D eigenvalue weighted by Gasteiger charge is -2.28. The van der Waals surface area contributed by atoms with Crippen molar-refractivity contribution in [3.05, 3.63) is 0 Å². The van der Waals surface area contributed by atoms with Gasteiger partial charge in [-0.3, -0.25) is 4.79 Å². The van der Waals surface area contributed by atoms with Crippen LogP contribution in [0.25, 0.3) is 0 Å². The molecule has 13 heavy (non-hydrogen) atoms. The van der Waals surface area contributed by atoms with Crippen molar-refractivity contribution >= 4 is 5.91 Å². The Labute approximate surface area is 79.8 Å². The minimum atomic E-state index is -0.232. The van der Waals surface area contributed by atoms with E-state index in [9.17, 15) is 4.79 Å². The molecule has 0 radical (unpaired) electrons. The highest BCUT2D eigenvalue weighted by atomic mass is 16.5. The van der Waals surface area contributed by atoms with Gasteiger partial charge < -0.3 is 10.1 Å². The number of amides is 1. The van der Waals surface area contributed by atoms with Crippen LogP contribution in [0.5, 0.6) is 0 Å². The molecule has 0 spiro atoms. The molecule has 76 valence electrons. The van der Waals surface area contributed by atoms with Gasteiger partial charge in [0.15, 0.2) is 0 Å². The summed E-state index contributed by atoms with van der Waals surface area (Å²) in [5, 5.41) is 2.96. The van der Waals surface area contributed by atoms with Gasteiger partial charge in [0, 0.05) is 17.9 Å². The van der Waals surface area contributed by atoms with Crippen LogP contribution in [-0.2, 0) is 9.53 Å². The molecular formula is C10H19NO2. The number of rotatable bonds is 4. The molecular weight excluding hydrogens is 166 g/mol. The van der Waals surface area contributed by atoms with E-state index >= 15 is 0 Å². The lowest BCUT2D eigenvalue weighted by Crippen LogP contribution is -2.43. The fourth-order valence-electron chi connectivity index (χ4n) is 1.04. The summed E-state index contributed by atoms with van der Waals surface area (Å²) in [7, 11) is 0. The molecule has 1 amide bonds. The number of carbonyl (C=O) groups is 1. The predicted octanol–water partition coefficient (Wildman–Crippen LogP) is 1.19. The molecule has 1 saturated heterocycles. The molecule has 0 bridgehead atoms. The molecule has 0 atom stereocenters. The van der Waals surface area contributed by atoms with Gasteiger partial charge in [-0.25, -0.2) is 0 Å². The highest BCUT2D eigenvalue weighted by Gasteiger charge is 2.26. The van der Waals surface area contributed by atoms with Crippen molar-refractivity contribution in [1.82, 2.24) is 5.32 Å². The van der Waals surface area contributed by atoms with Crippen LogP contribution in [0.15, 0.2) is 0 Å². The minimum absolute atomic E-state index is 0.155. The van der Waals surface area contributed by atoms with Crippen molar-refractivity contribution < 1.29 is 9.53 Å². The molecule has 0 aromatic heterocycles. The Morgan fingerprint density at radius 3 is 2.54 bits per heavy atom. The Balaban J connectivity index is 2.23. The van der Waals surface area contributed by atoms with Gasteiger partial charge in [-0.05, 0) is 6.42 Å². The first-order valence-corrected chi connectivity index (χ1v) is 4.92. The molecule has 1 aliphatic heterocycles. The smallest absolute Gasteiger partial charge is 0.225 e. The van der Waals surface area contributed by atoms with E-state index in [-0.39, 0.29) is 11.3 Å². The summed E-state index contributed by atoms with van der Waals surface area (Å²) >= 11 is 0. The summed E-state index contributed by atoms with van der Waals surface area (Å²) in [5.74, 6) is 0.693. The van der Waals surface area contributed by atoms with Gasteiger partial charge in [-0.1, -0.05) is 20.8 Å². The van der Waals surface area contributed by atoms with E-state index in [0.29, 0.717) is 5.92 Å². The average molecular weight is 185 g/mol. The van der Waals surface area contributed by atoms with E-state index in [1.54, 1.807) is 0 Å². The van der Waals surface area contributed by atoms with Gasteiger partial charge in [0.25, 0.3) is 0 Å². The van der Waals surface area contributed by atoms with Crippen LogP contribution >= 0.6 is 0 Å². The third-order valence-electron chi connectivity index (χ3n) is 2.76. The van der Waals surface area contributed by atoms with Crippen molar-refractivity contribution in [3.8, 4) is 0 Å². The molecule has 1 rings (SSSR count). The zero-order valence-corrected chi connectivity index (χ0v) is 8.72. The predicted molar refractivity (Wildman–Crippen MR) is 51.4 cm³/mol. The monoisotopic (exact) mass is 185 g/mol. The summed E-state index contributed by atoms with van der Waals surface area (Å²) in [6.07, 6.45) is 0.875. The summed E-state index contributed by atoms with van der Waals surface area (Å²) in [6.45, 7) is 8.34. The fraction of sp³-hybridized carbons (Fsp3) is 0.900. The van der Waals surface area contributed by atoms with E-state index in [1.807, 2.05) is 20.8 Å². The van der Waals surface area contributed by atoms with Gasteiger partial charge in [-0.15, -0.1) is 0 Å². The molecule has 0 unspecified atom stereocenters. The molecule has 1 heterocycles. The summed E-state index contributed by atoms with van der Waals surface area (Å²) < 4.78 is 5.03. The number of ether oxygens (including phenoxy) is 1. The highest BCUT2D eigenvalue weighted by molar-refractivity contribution is 5.81. The second-order valence-electron chi connectivity index (χ2n) is 4.35. The molecule has 1 fully saturated rings. The third kappa shape index (κ3) is 2.69. The zero-order chi connectivity index (χ0) is 9.90. The van der Waals surface area contributed by atoms with Crippen LogP contribution in [0.2, 0.25) is 0 Å². The molecule has 3 nitrogen and oxygen atoms in total. The van der Waals surface area contributed by atoms with Crippen molar-refractivity contribution in [2.45, 2.75) is 27.2 Å². The van der Waals surface area contributed by atoms with Gasteiger partial charge >= 0.3 is 0 Å². The largest absolute Gasteiger partial charge is 0.381 e. The number of hydrogen-bond donors (Lipinski definition) is 1. The molecule has 1 aliphatic rings. The van der Waals surface area contributed by atoms with E-state index in [0.717, 1.165) is 26.2 Å². The highest BCUT2D eigenvalue weighted by Crippen LogP contribution is 2.19. The first-order chi connectivity index (χ1) is 6.06. The zero-order valence-electron chi connectivity index (χ0n) is 8.72. The molecule has 0 saturated carbocycles. The quantitative estimate of drug-likeness (QED) is 0.714. The average Bonchev–Trinajstić information content (AvgIpc) is 2.01. The summed E-state index contributed by atoms with van der Waals surface area (Å²) in [4.78, 5) is 11.6. The second kappa shape index (κ2) is 4.09. The van der Waals surface area contributed by atoms with E-state index in [1.165, 1.54) is 0 Å². The number of carbonyl (C=O) groups excluding carboxylic acids is 1. The van der Waals surface area contributed by atoms with Gasteiger partial charge in [0.05, 0.1) is 13.2 Å². The Morgan fingerprint density at radius 2 is 2.15 bits per heavy atom. The first kappa shape index (κ1) is 10.5. The second-order valence-corrected chi connectivity index (χ2v) is 4.35. The van der Waals surface area contributed by atoms with E-state index in [4.69, 9.17) is 4.74 Å². The maximum atomic E-state index is 11.6. The first-order valence-electron chi connectivity index (χ1n) is 4.92. The molecule has 3 heteroatoms. The van der Waals surface area contributed by atoms with Crippen LogP contribution in [0.4, 0.5) is 0 Å². The number of hydrogen-bond acceptors (Lipinski definition) is 2. The Morgan fingerprint density at radius 1 is 1.54 bits per heavy atom. The lowest BCUT2D eigenvalue weighted by molar-refractivity contribution is -0.130. The van der Waals surface area contributed by atoms with Crippen molar-refractivity contribution in [2.24, 2.45) is 11.3 Å². The standard InChI is InChI=1S/C10H19NO2/c1-4-10(2,3)9(12)11-5-8-6-13-7-8/h8H,4-7H2,1-3H3,(H,11,12). The van der Waals surface area contributed by atoms with Crippen LogP contribution in [0.1, 0.15) is 27.2 Å². The maximum Gasteiger partial charge on any atom is 0.225 e. The van der Waals surface area contributed by atoms with E-state index in [2.05, 4.69) is 5.32 Å². The van der Waals surface area contributed by atoms with Crippen LogP contribution in [-0.4, -0.2) is 25.7 Å². The van der Waals surface area contributed by atoms with Crippen molar-refractivity contribution in [3.63, 3.8) is 0 Å². The van der Waals surface area contributed by atoms with Gasteiger partial charge in [0.1, 0.15) is 0 Å². The van der Waals surface area contributed by atoms with Gasteiger partial charge in [-0.2, -0.15) is 0 Å². The lowest BCUT2D eigenvalue weighted by atomic mass is 9.89. The summed E-state index contributed by atoms with van der Waals surface area (Å²) in [6, 6.07) is 0. The van der Waals surface area contributed by atoms with Crippen LogP contribution in [0, 0.1) is 11.3 Å².